The highest BCUT2D eigenvalue weighted by molar-refractivity contribution is 6.46. The maximum atomic E-state index is 13.3. The fourth-order valence-electron chi connectivity index (χ4n) is 4.64. The first-order valence-corrected chi connectivity index (χ1v) is 12.7. The Balaban J connectivity index is 1.68. The van der Waals surface area contributed by atoms with E-state index >= 15 is 0 Å². The molecule has 3 aromatic rings. The number of aliphatic hydroxyl groups is 1. The molecule has 1 aromatic heterocycles. The van der Waals surface area contributed by atoms with Crippen molar-refractivity contribution in [2.24, 2.45) is 0 Å². The molecule has 1 atom stereocenters. The normalized spacial score (nSPS) is 16.9. The fraction of sp³-hybridized carbons (Fsp3) is 0.300. The Morgan fingerprint density at radius 2 is 1.73 bits per heavy atom. The number of nitrogens with zero attached hydrogens (tertiary/aromatic N) is 3. The van der Waals surface area contributed by atoms with Gasteiger partial charge in [-0.1, -0.05) is 56.3 Å². The second-order valence-corrected chi connectivity index (χ2v) is 8.96. The number of carbonyl (C=O) groups excluding carboxylic acids is 2. The van der Waals surface area contributed by atoms with Crippen LogP contribution >= 0.6 is 0 Å². The number of amides is 1. The quantitative estimate of drug-likeness (QED) is 0.232. The average molecular weight is 500 g/mol. The molecular weight excluding hydrogens is 466 g/mol. The van der Waals surface area contributed by atoms with Gasteiger partial charge in [-0.25, -0.2) is 0 Å². The van der Waals surface area contributed by atoms with Gasteiger partial charge in [0.15, 0.2) is 0 Å². The van der Waals surface area contributed by atoms with Crippen LogP contribution in [0.5, 0.6) is 5.75 Å². The molecule has 1 N–H and O–H groups in total. The molecule has 1 fully saturated rings. The summed E-state index contributed by atoms with van der Waals surface area (Å²) in [7, 11) is 0. The number of pyridine rings is 1. The zero-order valence-corrected chi connectivity index (χ0v) is 21.3. The van der Waals surface area contributed by atoms with Crippen LogP contribution in [0.3, 0.4) is 0 Å². The molecule has 0 saturated carbocycles. The molecule has 1 saturated heterocycles. The second-order valence-electron chi connectivity index (χ2n) is 8.96. The first-order valence-electron chi connectivity index (χ1n) is 12.7. The van der Waals surface area contributed by atoms with Crippen molar-refractivity contribution in [3.05, 3.63) is 101 Å². The molecule has 192 valence electrons. The molecule has 0 bridgehead atoms. The Hall–Kier alpha value is -3.97. The van der Waals surface area contributed by atoms with Crippen LogP contribution in [0.2, 0.25) is 0 Å². The number of hydrogen-bond donors (Lipinski definition) is 1. The lowest BCUT2D eigenvalue weighted by molar-refractivity contribution is -0.140. The summed E-state index contributed by atoms with van der Waals surface area (Å²) >= 11 is 0. The van der Waals surface area contributed by atoms with Crippen molar-refractivity contribution in [1.82, 2.24) is 14.8 Å². The molecule has 2 heterocycles. The van der Waals surface area contributed by atoms with E-state index in [9.17, 15) is 14.7 Å². The molecule has 0 radical (unpaired) electrons. The predicted molar refractivity (Wildman–Crippen MR) is 143 cm³/mol. The van der Waals surface area contributed by atoms with Gasteiger partial charge in [-0.3, -0.25) is 14.6 Å². The maximum absolute atomic E-state index is 13.3. The number of benzene rings is 2. The molecule has 4 rings (SSSR count). The van der Waals surface area contributed by atoms with E-state index < -0.39 is 17.7 Å². The monoisotopic (exact) mass is 499 g/mol. The van der Waals surface area contributed by atoms with Gasteiger partial charge < -0.3 is 19.6 Å². The number of hydrogen-bond acceptors (Lipinski definition) is 6. The topological polar surface area (TPSA) is 83.0 Å². The summed E-state index contributed by atoms with van der Waals surface area (Å²) in [6, 6.07) is 19.8. The van der Waals surface area contributed by atoms with E-state index in [2.05, 4.69) is 23.7 Å². The third kappa shape index (κ3) is 6.06. The summed E-state index contributed by atoms with van der Waals surface area (Å²) in [5.74, 6) is -0.861. The van der Waals surface area contributed by atoms with Gasteiger partial charge in [-0.2, -0.15) is 0 Å². The van der Waals surface area contributed by atoms with Crippen LogP contribution in [0, 0.1) is 0 Å². The largest absolute Gasteiger partial charge is 0.507 e. The number of Topliss-reactive ketones (excluding diaryl/α,β-unsaturated/α-hetero) is 1. The lowest BCUT2D eigenvalue weighted by Gasteiger charge is -2.27. The van der Waals surface area contributed by atoms with Crippen molar-refractivity contribution >= 4 is 17.4 Å². The number of aromatic nitrogens is 1. The number of ketones is 1. The molecule has 2 aromatic carbocycles. The molecule has 1 amide bonds. The van der Waals surface area contributed by atoms with Crippen molar-refractivity contribution in [2.45, 2.75) is 32.9 Å². The number of rotatable bonds is 11. The van der Waals surface area contributed by atoms with Crippen LogP contribution in [0.4, 0.5) is 0 Å². The van der Waals surface area contributed by atoms with Crippen molar-refractivity contribution < 1.29 is 19.4 Å². The molecule has 1 unspecified atom stereocenters. The van der Waals surface area contributed by atoms with Crippen LogP contribution in [0.25, 0.3) is 5.76 Å². The average Bonchev–Trinajstić information content (AvgIpc) is 3.20. The molecular formula is C30H33N3O4. The fourth-order valence-corrected chi connectivity index (χ4v) is 4.64. The number of carbonyl (C=O) groups is 2. The van der Waals surface area contributed by atoms with Crippen molar-refractivity contribution in [3.8, 4) is 5.75 Å². The molecule has 0 aliphatic carbocycles. The van der Waals surface area contributed by atoms with Gasteiger partial charge in [0.1, 0.15) is 18.1 Å². The lowest BCUT2D eigenvalue weighted by atomic mass is 9.95. The Morgan fingerprint density at radius 1 is 1.00 bits per heavy atom. The van der Waals surface area contributed by atoms with Gasteiger partial charge in [0.25, 0.3) is 11.7 Å². The zero-order chi connectivity index (χ0) is 26.2. The Bertz CT molecular complexity index is 1240. The van der Waals surface area contributed by atoms with E-state index in [1.807, 2.05) is 54.6 Å². The third-order valence-electron chi connectivity index (χ3n) is 6.68. The van der Waals surface area contributed by atoms with E-state index in [-0.39, 0.29) is 11.3 Å². The van der Waals surface area contributed by atoms with Crippen molar-refractivity contribution in [2.75, 3.05) is 26.2 Å². The minimum absolute atomic E-state index is 0.0826. The summed E-state index contributed by atoms with van der Waals surface area (Å²) in [6.45, 7) is 7.65. The summed E-state index contributed by atoms with van der Waals surface area (Å²) in [6.07, 6.45) is 3.80. The van der Waals surface area contributed by atoms with Crippen molar-refractivity contribution in [3.63, 3.8) is 0 Å². The highest BCUT2D eigenvalue weighted by Crippen LogP contribution is 2.40. The number of ether oxygens (including phenoxy) is 1. The standard InChI is InChI=1S/C30H33N3O4/c1-3-32(4-2)18-9-19-33-27(26(29(35)30(33)36)28(34)23-14-16-31-17-15-23)24-12-8-13-25(20-24)37-21-22-10-6-5-7-11-22/h5-8,10-17,20,27,34H,3-4,9,18-19,21H2,1-2H3/b28-26+. The third-order valence-corrected chi connectivity index (χ3v) is 6.68. The van der Waals surface area contributed by atoms with E-state index in [1.54, 1.807) is 29.4 Å². The summed E-state index contributed by atoms with van der Waals surface area (Å²) < 4.78 is 6.02. The molecule has 0 spiro atoms. The lowest BCUT2D eigenvalue weighted by Crippen LogP contribution is -2.33. The van der Waals surface area contributed by atoms with Gasteiger partial charge in [0, 0.05) is 24.5 Å². The minimum Gasteiger partial charge on any atom is -0.507 e. The van der Waals surface area contributed by atoms with Crippen molar-refractivity contribution in [1.29, 1.82) is 0 Å². The highest BCUT2D eigenvalue weighted by atomic mass is 16.5. The molecule has 1 aliphatic heterocycles. The Morgan fingerprint density at radius 3 is 2.43 bits per heavy atom. The van der Waals surface area contributed by atoms with E-state index in [0.29, 0.717) is 36.4 Å². The number of likely N-dealkylation sites (tertiary alicyclic amines) is 1. The minimum atomic E-state index is -0.717. The van der Waals surface area contributed by atoms with Gasteiger partial charge in [0.2, 0.25) is 0 Å². The van der Waals surface area contributed by atoms with E-state index in [1.165, 1.54) is 0 Å². The highest BCUT2D eigenvalue weighted by Gasteiger charge is 2.45. The maximum Gasteiger partial charge on any atom is 0.295 e. The van der Waals surface area contributed by atoms with E-state index in [4.69, 9.17) is 4.74 Å². The number of aliphatic hydroxyl groups excluding tert-OH is 1. The first kappa shape index (κ1) is 26.1. The van der Waals surface area contributed by atoms with Crippen LogP contribution < -0.4 is 4.74 Å². The van der Waals surface area contributed by atoms with Gasteiger partial charge in [-0.05, 0) is 61.4 Å². The van der Waals surface area contributed by atoms with Gasteiger partial charge in [0.05, 0.1) is 11.6 Å². The van der Waals surface area contributed by atoms with E-state index in [0.717, 1.165) is 25.2 Å². The summed E-state index contributed by atoms with van der Waals surface area (Å²) in [5, 5.41) is 11.2. The molecule has 37 heavy (non-hydrogen) atoms. The van der Waals surface area contributed by atoms with Crippen LogP contribution in [0.1, 0.15) is 43.0 Å². The van der Waals surface area contributed by atoms with Crippen LogP contribution in [0.15, 0.2) is 84.7 Å². The summed E-state index contributed by atoms with van der Waals surface area (Å²) in [5.41, 5.74) is 2.27. The summed E-state index contributed by atoms with van der Waals surface area (Å²) in [4.78, 5) is 34.3. The first-order chi connectivity index (χ1) is 18.0. The van der Waals surface area contributed by atoms with Crippen LogP contribution in [-0.2, 0) is 16.2 Å². The Kier molecular flexibility index (Phi) is 8.69. The zero-order valence-electron chi connectivity index (χ0n) is 21.3. The second kappa shape index (κ2) is 12.3. The predicted octanol–water partition coefficient (Wildman–Crippen LogP) is 4.81. The van der Waals surface area contributed by atoms with Gasteiger partial charge >= 0.3 is 0 Å². The molecule has 7 nitrogen and oxygen atoms in total. The molecule has 1 aliphatic rings. The smallest absolute Gasteiger partial charge is 0.295 e. The molecule has 7 heteroatoms. The van der Waals surface area contributed by atoms with Crippen LogP contribution in [-0.4, -0.2) is 57.8 Å². The SMILES string of the molecule is CCN(CC)CCCN1C(=O)C(=O)/C(=C(/O)c2ccncc2)C1c1cccc(OCc2ccccc2)c1. The Labute approximate surface area is 218 Å². The van der Waals surface area contributed by atoms with Gasteiger partial charge in [-0.15, -0.1) is 0 Å².